The van der Waals surface area contributed by atoms with Gasteiger partial charge in [0.2, 0.25) is 0 Å². The highest BCUT2D eigenvalue weighted by Crippen LogP contribution is 2.26. The Hall–Kier alpha value is -0.370. The third-order valence-corrected chi connectivity index (χ3v) is 2.84. The van der Waals surface area contributed by atoms with Gasteiger partial charge in [0.05, 0.1) is 0 Å². The van der Waals surface area contributed by atoms with Crippen molar-refractivity contribution in [2.75, 3.05) is 0 Å². The molecule has 1 radical (unpaired) electrons. The van der Waals surface area contributed by atoms with E-state index >= 15 is 0 Å². The Morgan fingerprint density at radius 2 is 2.00 bits per heavy atom. The molecule has 1 unspecified atom stereocenters. The minimum absolute atomic E-state index is 0.242. The molecular weight excluding hydrogens is 150 g/mol. The molecule has 1 saturated carbocycles. The van der Waals surface area contributed by atoms with Crippen LogP contribution >= 0.6 is 0 Å². The minimum Gasteiger partial charge on any atom is -0.327 e. The summed E-state index contributed by atoms with van der Waals surface area (Å²) >= 11 is 0. The summed E-state index contributed by atoms with van der Waals surface area (Å²) in [6.45, 7) is 0. The molecule has 0 bridgehead atoms. The van der Waals surface area contributed by atoms with Crippen LogP contribution < -0.4 is 5.73 Å². The Labute approximate surface area is 74.5 Å². The molecule has 1 atom stereocenters. The lowest BCUT2D eigenvalue weighted by molar-refractivity contribution is 0.296. The topological polar surface area (TPSA) is 43.1 Å². The van der Waals surface area contributed by atoms with E-state index < -0.39 is 0 Å². The van der Waals surface area contributed by atoms with E-state index in [1.807, 2.05) is 6.29 Å². The van der Waals surface area contributed by atoms with Crippen LogP contribution in [0, 0.1) is 5.92 Å². The molecule has 0 spiro atoms. The van der Waals surface area contributed by atoms with Gasteiger partial charge in [0.25, 0.3) is 0 Å². The SMILES string of the molecule is NC(CC[C]=O)C1CCCCC1. The van der Waals surface area contributed by atoms with Gasteiger partial charge in [-0.1, -0.05) is 19.3 Å². The average molecular weight is 168 g/mol. The molecule has 0 aromatic rings. The molecule has 1 aliphatic carbocycles. The van der Waals surface area contributed by atoms with Gasteiger partial charge in [0, 0.05) is 12.5 Å². The summed E-state index contributed by atoms with van der Waals surface area (Å²) in [6, 6.07) is 0.242. The second kappa shape index (κ2) is 5.31. The Balaban J connectivity index is 2.19. The van der Waals surface area contributed by atoms with Crippen molar-refractivity contribution in [1.82, 2.24) is 0 Å². The van der Waals surface area contributed by atoms with Gasteiger partial charge in [0.15, 0.2) is 6.29 Å². The molecule has 69 valence electrons. The standard InChI is InChI=1S/C10H18NO/c11-10(7-4-8-12)9-5-2-1-3-6-9/h9-10H,1-7,11H2. The molecule has 2 nitrogen and oxygen atoms in total. The summed E-state index contributed by atoms with van der Waals surface area (Å²) in [5.41, 5.74) is 5.96. The average Bonchev–Trinajstić information content (AvgIpc) is 2.15. The molecule has 0 aromatic carbocycles. The Morgan fingerprint density at radius 3 is 2.58 bits per heavy atom. The van der Waals surface area contributed by atoms with Crippen molar-refractivity contribution in [3.8, 4) is 0 Å². The fourth-order valence-electron chi connectivity index (χ4n) is 2.02. The largest absolute Gasteiger partial charge is 0.327 e. The molecule has 0 heterocycles. The number of hydrogen-bond acceptors (Lipinski definition) is 2. The maximum absolute atomic E-state index is 10.0. The first kappa shape index (κ1) is 9.72. The molecule has 2 heteroatoms. The van der Waals surface area contributed by atoms with Crippen molar-refractivity contribution >= 4 is 6.29 Å². The Morgan fingerprint density at radius 1 is 1.33 bits per heavy atom. The third kappa shape index (κ3) is 2.94. The number of hydrogen-bond donors (Lipinski definition) is 1. The van der Waals surface area contributed by atoms with Crippen LogP contribution in [0.5, 0.6) is 0 Å². The van der Waals surface area contributed by atoms with Crippen LogP contribution in [0.2, 0.25) is 0 Å². The first-order valence-electron chi connectivity index (χ1n) is 4.95. The van der Waals surface area contributed by atoms with E-state index in [1.165, 1.54) is 32.1 Å². The monoisotopic (exact) mass is 168 g/mol. The molecule has 0 aromatic heterocycles. The summed E-state index contributed by atoms with van der Waals surface area (Å²) in [4.78, 5) is 10.0. The van der Waals surface area contributed by atoms with E-state index in [0.717, 1.165) is 6.42 Å². The minimum atomic E-state index is 0.242. The fraction of sp³-hybridized carbons (Fsp3) is 0.900. The zero-order valence-electron chi connectivity index (χ0n) is 7.59. The molecule has 12 heavy (non-hydrogen) atoms. The van der Waals surface area contributed by atoms with Crippen molar-refractivity contribution in [2.24, 2.45) is 11.7 Å². The van der Waals surface area contributed by atoms with Crippen LogP contribution in [0.3, 0.4) is 0 Å². The van der Waals surface area contributed by atoms with Gasteiger partial charge in [-0.2, -0.15) is 0 Å². The predicted molar refractivity (Wildman–Crippen MR) is 49.5 cm³/mol. The van der Waals surface area contributed by atoms with Gasteiger partial charge < -0.3 is 5.73 Å². The highest BCUT2D eigenvalue weighted by atomic mass is 16.1. The van der Waals surface area contributed by atoms with Crippen molar-refractivity contribution in [3.63, 3.8) is 0 Å². The zero-order valence-corrected chi connectivity index (χ0v) is 7.59. The summed E-state index contributed by atoms with van der Waals surface area (Å²) in [5, 5.41) is 0. The third-order valence-electron chi connectivity index (χ3n) is 2.84. The van der Waals surface area contributed by atoms with Gasteiger partial charge in [0.1, 0.15) is 0 Å². The lowest BCUT2D eigenvalue weighted by Gasteiger charge is -2.26. The Kier molecular flexibility index (Phi) is 4.30. The van der Waals surface area contributed by atoms with E-state index in [0.29, 0.717) is 12.3 Å². The highest BCUT2D eigenvalue weighted by molar-refractivity contribution is 5.50. The zero-order chi connectivity index (χ0) is 8.81. The van der Waals surface area contributed by atoms with Crippen LogP contribution in [0.1, 0.15) is 44.9 Å². The quantitative estimate of drug-likeness (QED) is 0.695. The van der Waals surface area contributed by atoms with Crippen LogP contribution in [-0.4, -0.2) is 12.3 Å². The second-order valence-corrected chi connectivity index (χ2v) is 3.74. The smallest absolute Gasteiger partial charge is 0.198 e. The van der Waals surface area contributed by atoms with E-state index in [4.69, 9.17) is 5.73 Å². The van der Waals surface area contributed by atoms with Crippen molar-refractivity contribution < 1.29 is 4.79 Å². The predicted octanol–water partition coefficient (Wildman–Crippen LogP) is 1.78. The lowest BCUT2D eigenvalue weighted by Crippen LogP contribution is -2.31. The summed E-state index contributed by atoms with van der Waals surface area (Å²) < 4.78 is 0. The van der Waals surface area contributed by atoms with Gasteiger partial charge >= 0.3 is 0 Å². The van der Waals surface area contributed by atoms with Gasteiger partial charge in [-0.3, -0.25) is 4.79 Å². The highest BCUT2D eigenvalue weighted by Gasteiger charge is 2.19. The van der Waals surface area contributed by atoms with Gasteiger partial charge in [-0.05, 0) is 25.2 Å². The van der Waals surface area contributed by atoms with Gasteiger partial charge in [-0.25, -0.2) is 0 Å². The summed E-state index contributed by atoms with van der Waals surface area (Å²) in [7, 11) is 0. The van der Waals surface area contributed by atoms with E-state index in [9.17, 15) is 4.79 Å². The Bertz CT molecular complexity index is 130. The van der Waals surface area contributed by atoms with Crippen molar-refractivity contribution in [1.29, 1.82) is 0 Å². The van der Waals surface area contributed by atoms with Gasteiger partial charge in [-0.15, -0.1) is 0 Å². The molecule has 1 rings (SSSR count). The molecule has 0 aliphatic heterocycles. The van der Waals surface area contributed by atoms with Crippen LogP contribution in [0.4, 0.5) is 0 Å². The van der Waals surface area contributed by atoms with Crippen LogP contribution in [0.15, 0.2) is 0 Å². The van der Waals surface area contributed by atoms with Crippen molar-refractivity contribution in [3.05, 3.63) is 0 Å². The summed E-state index contributed by atoms with van der Waals surface area (Å²) in [6.07, 6.45) is 9.78. The molecule has 0 amide bonds. The molecular formula is C10H18NO. The first-order chi connectivity index (χ1) is 5.84. The molecule has 1 fully saturated rings. The molecule has 0 saturated heterocycles. The molecule has 1 aliphatic rings. The first-order valence-corrected chi connectivity index (χ1v) is 4.95. The normalized spacial score (nSPS) is 22.1. The van der Waals surface area contributed by atoms with E-state index in [2.05, 4.69) is 0 Å². The maximum Gasteiger partial charge on any atom is 0.198 e. The van der Waals surface area contributed by atoms with Crippen molar-refractivity contribution in [2.45, 2.75) is 51.0 Å². The van der Waals surface area contributed by atoms with Crippen LogP contribution in [-0.2, 0) is 4.79 Å². The fourth-order valence-corrected chi connectivity index (χ4v) is 2.02. The van der Waals surface area contributed by atoms with E-state index in [1.54, 1.807) is 0 Å². The lowest BCUT2D eigenvalue weighted by atomic mass is 9.83. The summed E-state index contributed by atoms with van der Waals surface area (Å²) in [5.74, 6) is 0.673. The molecule has 2 N–H and O–H groups in total. The van der Waals surface area contributed by atoms with Crippen LogP contribution in [0.25, 0.3) is 0 Å². The number of rotatable bonds is 4. The number of nitrogens with two attached hydrogens (primary N) is 1. The second-order valence-electron chi connectivity index (χ2n) is 3.74. The maximum atomic E-state index is 10.0. The number of carbonyl (C=O) groups excluding carboxylic acids is 1. The van der Waals surface area contributed by atoms with E-state index in [-0.39, 0.29) is 6.04 Å².